The Labute approximate surface area is 217 Å². The number of furan rings is 1. The number of nitrogens with one attached hydrogen (secondary N) is 2. The third-order valence-electron chi connectivity index (χ3n) is 7.15. The van der Waals surface area contributed by atoms with E-state index in [0.717, 1.165) is 43.1 Å². The van der Waals surface area contributed by atoms with Crippen molar-refractivity contribution < 1.29 is 18.7 Å². The summed E-state index contributed by atoms with van der Waals surface area (Å²) in [5.41, 5.74) is 1.76. The molecule has 3 aromatic rings. The molecule has 2 N–H and O–H groups in total. The van der Waals surface area contributed by atoms with E-state index < -0.39 is 0 Å². The van der Waals surface area contributed by atoms with Gasteiger partial charge in [0.25, 0.3) is 11.8 Å². The first-order valence-electron chi connectivity index (χ1n) is 13.2. The maximum absolute atomic E-state index is 13.4. The lowest BCUT2D eigenvalue weighted by atomic mass is 9.93. The minimum absolute atomic E-state index is 0.0117. The highest BCUT2D eigenvalue weighted by molar-refractivity contribution is 6.04. The lowest BCUT2D eigenvalue weighted by Gasteiger charge is -2.35. The van der Waals surface area contributed by atoms with Gasteiger partial charge in [-0.25, -0.2) is 0 Å². The first-order valence-corrected chi connectivity index (χ1v) is 13.2. The van der Waals surface area contributed by atoms with E-state index in [-0.39, 0.29) is 23.3 Å². The van der Waals surface area contributed by atoms with Gasteiger partial charge in [0.05, 0.1) is 23.9 Å². The lowest BCUT2D eigenvalue weighted by molar-refractivity contribution is 0.0606. The molecule has 1 saturated carbocycles. The van der Waals surface area contributed by atoms with E-state index in [9.17, 15) is 9.59 Å². The largest absolute Gasteiger partial charge is 0.493 e. The number of anilines is 1. The fraction of sp³-hybridized carbons (Fsp3) is 0.483. The van der Waals surface area contributed by atoms with Crippen molar-refractivity contribution in [3.05, 3.63) is 64.7 Å². The Bertz CT molecular complexity index is 1260. The number of H-pyrrole nitrogens is 1. The lowest BCUT2D eigenvalue weighted by Crippen LogP contribution is -2.38. The number of hydrogen-bond acceptors (Lipinski definition) is 5. The Hall–Kier alpha value is -3.55. The molecule has 1 aromatic carbocycles. The fourth-order valence-corrected chi connectivity index (χ4v) is 4.69. The van der Waals surface area contributed by atoms with E-state index in [2.05, 4.69) is 15.5 Å². The zero-order chi connectivity index (χ0) is 26.2. The number of nitrogens with zero attached hydrogens (tertiary/aromatic N) is 2. The summed E-state index contributed by atoms with van der Waals surface area (Å²) in [6, 6.07) is 10.9. The molecule has 0 radical (unpaired) electrons. The van der Waals surface area contributed by atoms with Gasteiger partial charge in [-0.1, -0.05) is 20.8 Å². The van der Waals surface area contributed by atoms with Gasteiger partial charge in [0.2, 0.25) is 0 Å². The normalized spacial score (nSPS) is 18.1. The van der Waals surface area contributed by atoms with E-state index in [1.807, 2.05) is 56.0 Å². The third-order valence-corrected chi connectivity index (χ3v) is 7.15. The summed E-state index contributed by atoms with van der Waals surface area (Å²) in [4.78, 5) is 28.3. The van der Waals surface area contributed by atoms with Crippen molar-refractivity contribution in [3.63, 3.8) is 0 Å². The Balaban J connectivity index is 1.26. The Morgan fingerprint density at radius 1 is 1.14 bits per heavy atom. The summed E-state index contributed by atoms with van der Waals surface area (Å²) < 4.78 is 11.6. The average Bonchev–Trinajstić information content (AvgIpc) is 3.45. The highest BCUT2D eigenvalue weighted by Gasteiger charge is 2.31. The maximum atomic E-state index is 13.4. The number of amides is 2. The van der Waals surface area contributed by atoms with Crippen LogP contribution in [0.25, 0.3) is 0 Å². The van der Waals surface area contributed by atoms with Crippen LogP contribution in [-0.4, -0.2) is 40.1 Å². The van der Waals surface area contributed by atoms with E-state index in [0.29, 0.717) is 35.2 Å². The van der Waals surface area contributed by atoms with Crippen LogP contribution < -0.4 is 10.1 Å². The van der Waals surface area contributed by atoms with Crippen molar-refractivity contribution in [3.8, 4) is 5.75 Å². The molecule has 1 saturated heterocycles. The fourth-order valence-electron chi connectivity index (χ4n) is 4.69. The molecule has 1 unspecified atom stereocenters. The third kappa shape index (κ3) is 5.73. The number of aromatic amines is 1. The quantitative estimate of drug-likeness (QED) is 0.410. The number of aryl methyl sites for hydroxylation is 1. The van der Waals surface area contributed by atoms with Crippen LogP contribution in [-0.2, 0) is 5.41 Å². The molecule has 1 atom stereocenters. The maximum Gasteiger partial charge on any atom is 0.260 e. The van der Waals surface area contributed by atoms with Gasteiger partial charge in [0.15, 0.2) is 5.82 Å². The summed E-state index contributed by atoms with van der Waals surface area (Å²) in [5, 5.41) is 10.2. The first-order chi connectivity index (χ1) is 17.7. The SMILES string of the molecule is Cc1oc(C(C)(C)C)cc1C(=O)Nc1cc(C2CCCCN2C(=O)c2ccc(OCC3CC3)cc2)[nH]n1. The molecule has 37 heavy (non-hydrogen) atoms. The van der Waals surface area contributed by atoms with E-state index in [4.69, 9.17) is 9.15 Å². The molecular weight excluding hydrogens is 468 g/mol. The van der Waals surface area contributed by atoms with Gasteiger partial charge in [-0.3, -0.25) is 14.7 Å². The number of ether oxygens (including phenoxy) is 1. The van der Waals surface area contributed by atoms with Gasteiger partial charge >= 0.3 is 0 Å². The molecule has 2 fully saturated rings. The van der Waals surface area contributed by atoms with Crippen LogP contribution >= 0.6 is 0 Å². The summed E-state index contributed by atoms with van der Waals surface area (Å²) in [6.07, 6.45) is 5.30. The first kappa shape index (κ1) is 25.1. The van der Waals surface area contributed by atoms with Gasteiger partial charge in [0.1, 0.15) is 17.3 Å². The molecule has 8 heteroatoms. The van der Waals surface area contributed by atoms with Crippen LogP contribution in [0.5, 0.6) is 5.75 Å². The Kier molecular flexibility index (Phi) is 6.84. The van der Waals surface area contributed by atoms with Crippen LogP contribution in [0.4, 0.5) is 5.82 Å². The van der Waals surface area contributed by atoms with Crippen molar-refractivity contribution in [1.82, 2.24) is 15.1 Å². The van der Waals surface area contributed by atoms with Crippen molar-refractivity contribution in [2.75, 3.05) is 18.5 Å². The molecular formula is C29H36N4O4. The minimum atomic E-state index is -0.268. The van der Waals surface area contributed by atoms with Gasteiger partial charge in [-0.15, -0.1) is 0 Å². The molecule has 2 amide bonds. The van der Waals surface area contributed by atoms with Crippen LogP contribution in [0.3, 0.4) is 0 Å². The highest BCUT2D eigenvalue weighted by Crippen LogP contribution is 2.33. The molecule has 0 bridgehead atoms. The number of rotatable bonds is 7. The molecule has 2 aromatic heterocycles. The number of piperidine rings is 1. The number of benzene rings is 1. The second kappa shape index (κ2) is 10.1. The van der Waals surface area contributed by atoms with E-state index in [1.54, 1.807) is 13.0 Å². The molecule has 8 nitrogen and oxygen atoms in total. The van der Waals surface area contributed by atoms with Crippen molar-refractivity contribution in [1.29, 1.82) is 0 Å². The monoisotopic (exact) mass is 504 g/mol. The van der Waals surface area contributed by atoms with Crippen LogP contribution in [0.2, 0.25) is 0 Å². The van der Waals surface area contributed by atoms with Crippen molar-refractivity contribution in [2.24, 2.45) is 5.92 Å². The standard InChI is InChI=1S/C29H36N4O4/c1-18-22(15-25(37-18)29(2,3)4)27(34)30-26-16-23(31-32-26)24-7-5-6-14-33(24)28(35)20-10-12-21(13-11-20)36-17-19-8-9-19/h10-13,15-16,19,24H,5-9,14,17H2,1-4H3,(H2,30,31,32,34). The number of likely N-dealkylation sites (tertiary alicyclic amines) is 1. The second-order valence-electron chi connectivity index (χ2n) is 11.3. The molecule has 5 rings (SSSR count). The van der Waals surface area contributed by atoms with Crippen molar-refractivity contribution in [2.45, 2.75) is 71.3 Å². The summed E-state index contributed by atoms with van der Waals surface area (Å²) in [6.45, 7) is 9.34. The second-order valence-corrected chi connectivity index (χ2v) is 11.3. The topological polar surface area (TPSA) is 100 Å². The number of carbonyl (C=O) groups excluding carboxylic acids is 2. The molecule has 196 valence electrons. The van der Waals surface area contributed by atoms with Gasteiger partial charge in [-0.05, 0) is 75.3 Å². The predicted octanol–water partition coefficient (Wildman–Crippen LogP) is 6.02. The van der Waals surface area contributed by atoms with E-state index >= 15 is 0 Å². The molecule has 2 aliphatic rings. The molecule has 1 aliphatic carbocycles. The molecule has 3 heterocycles. The van der Waals surface area contributed by atoms with E-state index in [1.165, 1.54) is 12.8 Å². The highest BCUT2D eigenvalue weighted by atomic mass is 16.5. The van der Waals surface area contributed by atoms with Crippen LogP contribution in [0, 0.1) is 12.8 Å². The van der Waals surface area contributed by atoms with Crippen LogP contribution in [0.1, 0.15) is 96.8 Å². The van der Waals surface area contributed by atoms with Gasteiger partial charge in [0, 0.05) is 23.6 Å². The average molecular weight is 505 g/mol. The predicted molar refractivity (Wildman–Crippen MR) is 141 cm³/mol. The minimum Gasteiger partial charge on any atom is -0.493 e. The smallest absolute Gasteiger partial charge is 0.260 e. The Morgan fingerprint density at radius 3 is 2.57 bits per heavy atom. The molecule has 1 aliphatic heterocycles. The molecule has 0 spiro atoms. The zero-order valence-electron chi connectivity index (χ0n) is 22.1. The summed E-state index contributed by atoms with van der Waals surface area (Å²) >= 11 is 0. The Morgan fingerprint density at radius 2 is 1.89 bits per heavy atom. The van der Waals surface area contributed by atoms with Gasteiger partial charge < -0.3 is 19.4 Å². The number of carbonyl (C=O) groups is 2. The summed E-state index contributed by atoms with van der Waals surface area (Å²) in [7, 11) is 0. The number of aromatic nitrogens is 2. The summed E-state index contributed by atoms with van der Waals surface area (Å²) in [5.74, 6) is 2.97. The van der Waals surface area contributed by atoms with Crippen molar-refractivity contribution >= 4 is 17.6 Å². The zero-order valence-corrected chi connectivity index (χ0v) is 22.1. The van der Waals surface area contributed by atoms with Gasteiger partial charge in [-0.2, -0.15) is 5.10 Å². The van der Waals surface area contributed by atoms with Crippen LogP contribution in [0.15, 0.2) is 40.8 Å². The number of hydrogen-bond donors (Lipinski definition) is 2.